The van der Waals surface area contributed by atoms with Gasteiger partial charge in [-0.05, 0) is 35.9 Å². The van der Waals surface area contributed by atoms with Crippen molar-refractivity contribution < 1.29 is 27.1 Å². The number of amides is 2. The van der Waals surface area contributed by atoms with E-state index in [1.807, 2.05) is 4.90 Å². The molecule has 0 bridgehead atoms. The summed E-state index contributed by atoms with van der Waals surface area (Å²) in [7, 11) is 0. The van der Waals surface area contributed by atoms with Crippen LogP contribution in [0.3, 0.4) is 0 Å². The molecule has 2 aromatic rings. The van der Waals surface area contributed by atoms with Gasteiger partial charge in [0, 0.05) is 19.6 Å². The maximum atomic E-state index is 13.2. The van der Waals surface area contributed by atoms with Crippen LogP contribution >= 0.6 is 0 Å². The van der Waals surface area contributed by atoms with Crippen molar-refractivity contribution in [1.82, 2.24) is 5.32 Å². The van der Waals surface area contributed by atoms with Crippen LogP contribution in [-0.2, 0) is 17.5 Å². The Morgan fingerprint density at radius 2 is 1.86 bits per heavy atom. The van der Waals surface area contributed by atoms with Crippen LogP contribution in [0.4, 0.5) is 33.7 Å². The number of ether oxygens (including phenoxy) is 1. The van der Waals surface area contributed by atoms with Crippen molar-refractivity contribution in [3.63, 3.8) is 0 Å². The van der Waals surface area contributed by atoms with E-state index in [-0.39, 0.29) is 12.2 Å². The second-order valence-electron chi connectivity index (χ2n) is 6.27. The third kappa shape index (κ3) is 5.13. The van der Waals surface area contributed by atoms with Crippen molar-refractivity contribution in [3.05, 3.63) is 59.4 Å². The summed E-state index contributed by atoms with van der Waals surface area (Å²) < 4.78 is 57.7. The Kier molecular flexibility index (Phi) is 6.03. The largest absolute Gasteiger partial charge is 0.416 e. The molecule has 0 saturated carbocycles. The lowest BCUT2D eigenvalue weighted by atomic mass is 10.1. The Balaban J connectivity index is 1.76. The summed E-state index contributed by atoms with van der Waals surface area (Å²) in [6.45, 7) is 1.95. The monoisotopic (exact) mass is 397 g/mol. The third-order valence-corrected chi connectivity index (χ3v) is 4.27. The lowest BCUT2D eigenvalue weighted by Crippen LogP contribution is -2.37. The zero-order valence-electron chi connectivity index (χ0n) is 14.9. The summed E-state index contributed by atoms with van der Waals surface area (Å²) in [6, 6.07) is 8.24. The van der Waals surface area contributed by atoms with E-state index in [9.17, 15) is 22.4 Å². The molecule has 0 radical (unpaired) electrons. The Labute approximate surface area is 159 Å². The Bertz CT molecular complexity index is 836. The molecule has 5 nitrogen and oxygen atoms in total. The van der Waals surface area contributed by atoms with Crippen molar-refractivity contribution in [3.8, 4) is 0 Å². The number of halogens is 4. The molecule has 0 unspecified atom stereocenters. The maximum Gasteiger partial charge on any atom is 0.416 e. The molecule has 0 atom stereocenters. The molecule has 1 fully saturated rings. The van der Waals surface area contributed by atoms with E-state index < -0.39 is 23.6 Å². The van der Waals surface area contributed by atoms with Crippen LogP contribution in [0.5, 0.6) is 0 Å². The Morgan fingerprint density at radius 1 is 1.11 bits per heavy atom. The lowest BCUT2D eigenvalue weighted by molar-refractivity contribution is -0.137. The molecular weight excluding hydrogens is 378 g/mol. The van der Waals surface area contributed by atoms with Gasteiger partial charge < -0.3 is 20.3 Å². The second kappa shape index (κ2) is 8.47. The number of benzene rings is 2. The number of rotatable bonds is 4. The molecule has 2 aromatic carbocycles. The molecule has 2 amide bonds. The van der Waals surface area contributed by atoms with Gasteiger partial charge in [-0.2, -0.15) is 13.2 Å². The van der Waals surface area contributed by atoms with E-state index >= 15 is 0 Å². The summed E-state index contributed by atoms with van der Waals surface area (Å²) in [5.74, 6) is -0.438. The van der Waals surface area contributed by atoms with E-state index in [1.165, 1.54) is 24.3 Å². The average Bonchev–Trinajstić information content (AvgIpc) is 2.66. The summed E-state index contributed by atoms with van der Waals surface area (Å²) >= 11 is 0. The molecule has 1 aliphatic heterocycles. The topological polar surface area (TPSA) is 53.6 Å². The number of urea groups is 1. The number of morpholine rings is 1. The summed E-state index contributed by atoms with van der Waals surface area (Å²) in [5.41, 5.74) is 0.211. The fraction of sp³-hybridized carbons (Fsp3) is 0.316. The van der Waals surface area contributed by atoms with E-state index in [0.29, 0.717) is 37.6 Å². The lowest BCUT2D eigenvalue weighted by Gasteiger charge is -2.31. The van der Waals surface area contributed by atoms with Crippen LogP contribution in [0.2, 0.25) is 0 Å². The van der Waals surface area contributed by atoms with Crippen molar-refractivity contribution in [2.24, 2.45) is 0 Å². The number of nitrogens with one attached hydrogen (secondary N) is 2. The van der Waals surface area contributed by atoms with Crippen LogP contribution in [0.15, 0.2) is 42.5 Å². The number of hydrogen-bond acceptors (Lipinski definition) is 3. The molecule has 0 spiro atoms. The van der Waals surface area contributed by atoms with E-state index in [2.05, 4.69) is 10.6 Å². The molecule has 1 aliphatic rings. The van der Waals surface area contributed by atoms with Crippen molar-refractivity contribution in [2.75, 3.05) is 36.5 Å². The quantitative estimate of drug-likeness (QED) is 0.767. The van der Waals surface area contributed by atoms with Gasteiger partial charge in [0.15, 0.2) is 0 Å². The van der Waals surface area contributed by atoms with Gasteiger partial charge in [0.25, 0.3) is 0 Å². The smallest absolute Gasteiger partial charge is 0.378 e. The summed E-state index contributed by atoms with van der Waals surface area (Å²) in [4.78, 5) is 14.1. The number of anilines is 2. The highest BCUT2D eigenvalue weighted by Crippen LogP contribution is 2.35. The van der Waals surface area contributed by atoms with Crippen molar-refractivity contribution in [2.45, 2.75) is 12.7 Å². The summed E-state index contributed by atoms with van der Waals surface area (Å²) in [6.07, 6.45) is -4.53. The molecule has 0 aromatic heterocycles. The van der Waals surface area contributed by atoms with Gasteiger partial charge in [-0.15, -0.1) is 0 Å². The zero-order chi connectivity index (χ0) is 20.1. The van der Waals surface area contributed by atoms with Crippen LogP contribution in [-0.4, -0.2) is 32.3 Å². The molecule has 3 rings (SSSR count). The highest BCUT2D eigenvalue weighted by Gasteiger charge is 2.31. The maximum absolute atomic E-state index is 13.2. The zero-order valence-corrected chi connectivity index (χ0v) is 14.9. The molecule has 28 heavy (non-hydrogen) atoms. The SMILES string of the molecule is O=C(NCc1cccc(F)c1)Nc1cc(C(F)(F)F)ccc1N1CCOCC1. The Hall–Kier alpha value is -2.81. The van der Waals surface area contributed by atoms with Crippen LogP contribution in [0, 0.1) is 5.82 Å². The minimum Gasteiger partial charge on any atom is -0.378 e. The van der Waals surface area contributed by atoms with Gasteiger partial charge in [0.05, 0.1) is 30.2 Å². The number of carbonyl (C=O) groups excluding carboxylic acids is 1. The van der Waals surface area contributed by atoms with Gasteiger partial charge in [0.1, 0.15) is 5.82 Å². The van der Waals surface area contributed by atoms with Crippen molar-refractivity contribution in [1.29, 1.82) is 0 Å². The van der Waals surface area contributed by atoms with Crippen molar-refractivity contribution >= 4 is 17.4 Å². The molecule has 0 aliphatic carbocycles. The average molecular weight is 397 g/mol. The highest BCUT2D eigenvalue weighted by molar-refractivity contribution is 5.93. The van der Waals surface area contributed by atoms with Crippen LogP contribution in [0.1, 0.15) is 11.1 Å². The first kappa shape index (κ1) is 19.9. The molecule has 1 heterocycles. The first-order valence-electron chi connectivity index (χ1n) is 8.66. The third-order valence-electron chi connectivity index (χ3n) is 4.27. The van der Waals surface area contributed by atoms with E-state index in [0.717, 1.165) is 12.1 Å². The highest BCUT2D eigenvalue weighted by atomic mass is 19.4. The van der Waals surface area contributed by atoms with Gasteiger partial charge >= 0.3 is 12.2 Å². The predicted octanol–water partition coefficient (Wildman–Crippen LogP) is 4.00. The normalized spacial score (nSPS) is 14.6. The minimum absolute atomic E-state index is 0.0371. The first-order chi connectivity index (χ1) is 13.3. The van der Waals surface area contributed by atoms with E-state index in [4.69, 9.17) is 4.74 Å². The standard InChI is InChI=1S/C19H19F4N3O2/c20-15-3-1-2-13(10-15)12-24-18(27)25-16-11-14(19(21,22)23)4-5-17(16)26-6-8-28-9-7-26/h1-5,10-11H,6-9,12H2,(H2,24,25,27). The minimum atomic E-state index is -4.53. The number of nitrogens with zero attached hydrogens (tertiary/aromatic N) is 1. The second-order valence-corrected chi connectivity index (χ2v) is 6.27. The summed E-state index contributed by atoms with van der Waals surface area (Å²) in [5, 5.41) is 5.00. The number of alkyl halides is 3. The van der Waals surface area contributed by atoms with E-state index in [1.54, 1.807) is 6.07 Å². The molecule has 150 valence electrons. The fourth-order valence-electron chi connectivity index (χ4n) is 2.89. The van der Waals surface area contributed by atoms with Gasteiger partial charge in [-0.25, -0.2) is 9.18 Å². The van der Waals surface area contributed by atoms with Gasteiger partial charge in [0.2, 0.25) is 0 Å². The van der Waals surface area contributed by atoms with Gasteiger partial charge in [-0.1, -0.05) is 12.1 Å². The molecule has 2 N–H and O–H groups in total. The predicted molar refractivity (Wildman–Crippen MR) is 96.7 cm³/mol. The van der Waals surface area contributed by atoms with Crippen LogP contribution in [0.25, 0.3) is 0 Å². The van der Waals surface area contributed by atoms with Crippen LogP contribution < -0.4 is 15.5 Å². The first-order valence-corrected chi connectivity index (χ1v) is 8.66. The number of carbonyl (C=O) groups is 1. The fourth-order valence-corrected chi connectivity index (χ4v) is 2.89. The molecule has 9 heteroatoms. The molecule has 1 saturated heterocycles. The Morgan fingerprint density at radius 3 is 2.54 bits per heavy atom. The number of hydrogen-bond donors (Lipinski definition) is 2. The molecular formula is C19H19F4N3O2. The van der Waals surface area contributed by atoms with Gasteiger partial charge in [-0.3, -0.25) is 0 Å².